The molecule has 1 aliphatic carbocycles. The van der Waals surface area contributed by atoms with Crippen molar-refractivity contribution >= 4 is 0 Å². The first-order chi connectivity index (χ1) is 6.70. The van der Waals surface area contributed by atoms with Crippen molar-refractivity contribution in [3.05, 3.63) is 34.9 Å². The molecular formula is C11H12F2O. The van der Waals surface area contributed by atoms with E-state index in [-0.39, 0.29) is 0 Å². The van der Waals surface area contributed by atoms with Crippen LogP contribution in [0.1, 0.15) is 29.2 Å². The maximum atomic E-state index is 12.3. The van der Waals surface area contributed by atoms with Crippen molar-refractivity contribution in [2.24, 2.45) is 0 Å². The Hall–Kier alpha value is -0.960. The lowest BCUT2D eigenvalue weighted by atomic mass is 9.99. The number of aliphatic hydroxyl groups excluding tert-OH is 1. The summed E-state index contributed by atoms with van der Waals surface area (Å²) in [6.45, 7) is 0. The molecule has 1 N–H and O–H groups in total. The van der Waals surface area contributed by atoms with Gasteiger partial charge in [-0.2, -0.15) is 0 Å². The maximum absolute atomic E-state index is 12.3. The molecule has 76 valence electrons. The fourth-order valence-corrected chi connectivity index (χ4v) is 2.06. The van der Waals surface area contributed by atoms with Crippen LogP contribution in [0.5, 0.6) is 0 Å². The molecule has 2 rings (SSSR count). The highest BCUT2D eigenvalue weighted by Gasteiger charge is 2.24. The Kier molecular flexibility index (Phi) is 2.50. The van der Waals surface area contributed by atoms with E-state index in [4.69, 9.17) is 0 Å². The van der Waals surface area contributed by atoms with Crippen LogP contribution < -0.4 is 0 Å². The predicted molar refractivity (Wildman–Crippen MR) is 49.4 cm³/mol. The van der Waals surface area contributed by atoms with Gasteiger partial charge in [-0.25, -0.2) is 8.78 Å². The molecule has 14 heavy (non-hydrogen) atoms. The van der Waals surface area contributed by atoms with Gasteiger partial charge in [0.2, 0.25) is 0 Å². The molecule has 0 aliphatic heterocycles. The van der Waals surface area contributed by atoms with E-state index in [2.05, 4.69) is 0 Å². The van der Waals surface area contributed by atoms with Gasteiger partial charge < -0.3 is 5.11 Å². The molecule has 0 heterocycles. The number of hydrogen-bond donors (Lipinski definition) is 1. The monoisotopic (exact) mass is 198 g/mol. The molecule has 0 fully saturated rings. The van der Waals surface area contributed by atoms with Crippen LogP contribution in [0.15, 0.2) is 18.2 Å². The minimum atomic E-state index is -2.69. The van der Waals surface area contributed by atoms with Crippen molar-refractivity contribution in [2.45, 2.75) is 31.8 Å². The summed E-state index contributed by atoms with van der Waals surface area (Å²) in [5, 5.41) is 9.31. The summed E-state index contributed by atoms with van der Waals surface area (Å²) >= 11 is 0. The average Bonchev–Trinajstić information content (AvgIpc) is 2.63. The third kappa shape index (κ3) is 1.52. The van der Waals surface area contributed by atoms with Crippen LogP contribution in [0.25, 0.3) is 0 Å². The summed E-state index contributed by atoms with van der Waals surface area (Å²) in [6, 6.07) is 5.29. The molecule has 1 unspecified atom stereocenters. The van der Waals surface area contributed by atoms with E-state index in [1.807, 2.05) is 6.07 Å². The molecule has 0 aromatic heterocycles. The highest BCUT2D eigenvalue weighted by atomic mass is 19.3. The van der Waals surface area contributed by atoms with E-state index < -0.39 is 12.5 Å². The fourth-order valence-electron chi connectivity index (χ4n) is 2.06. The number of rotatable bonds is 2. The third-order valence-electron chi connectivity index (χ3n) is 2.74. The summed E-state index contributed by atoms with van der Waals surface area (Å²) in [4.78, 5) is 0. The number of aryl methyl sites for hydroxylation is 1. The predicted octanol–water partition coefficient (Wildman–Crippen LogP) is 2.47. The summed E-state index contributed by atoms with van der Waals surface area (Å²) in [7, 11) is 0. The Labute approximate surface area is 81.4 Å². The highest BCUT2D eigenvalue weighted by molar-refractivity contribution is 5.39. The van der Waals surface area contributed by atoms with Crippen molar-refractivity contribution in [1.82, 2.24) is 0 Å². The first-order valence-corrected chi connectivity index (χ1v) is 4.77. The van der Waals surface area contributed by atoms with Crippen LogP contribution in [-0.2, 0) is 12.8 Å². The topological polar surface area (TPSA) is 20.2 Å². The second-order valence-electron chi connectivity index (χ2n) is 3.62. The van der Waals surface area contributed by atoms with Gasteiger partial charge in [-0.1, -0.05) is 18.2 Å². The van der Waals surface area contributed by atoms with E-state index in [1.54, 1.807) is 12.1 Å². The summed E-state index contributed by atoms with van der Waals surface area (Å²) < 4.78 is 24.7. The van der Waals surface area contributed by atoms with Crippen molar-refractivity contribution in [1.29, 1.82) is 0 Å². The SMILES string of the molecule is OC(c1cccc2c1CCC2)C(F)F. The first kappa shape index (κ1) is 9.59. The van der Waals surface area contributed by atoms with Crippen LogP contribution in [-0.4, -0.2) is 11.5 Å². The number of halogens is 2. The highest BCUT2D eigenvalue weighted by Crippen LogP contribution is 2.31. The fraction of sp³-hybridized carbons (Fsp3) is 0.455. The molecule has 1 aromatic rings. The number of fused-ring (bicyclic) bond motifs is 1. The van der Waals surface area contributed by atoms with Crippen molar-refractivity contribution in [3.63, 3.8) is 0 Å². The van der Waals surface area contributed by atoms with Gasteiger partial charge in [-0.05, 0) is 36.0 Å². The Bertz CT molecular complexity index is 336. The minimum absolute atomic E-state index is 0.412. The van der Waals surface area contributed by atoms with E-state index in [0.717, 1.165) is 30.4 Å². The second-order valence-corrected chi connectivity index (χ2v) is 3.62. The van der Waals surface area contributed by atoms with Crippen LogP contribution in [0.2, 0.25) is 0 Å². The lowest BCUT2D eigenvalue weighted by Crippen LogP contribution is -2.10. The zero-order chi connectivity index (χ0) is 10.1. The molecule has 0 bridgehead atoms. The molecule has 0 saturated heterocycles. The number of benzene rings is 1. The van der Waals surface area contributed by atoms with E-state index in [9.17, 15) is 13.9 Å². The molecule has 1 aromatic carbocycles. The van der Waals surface area contributed by atoms with Crippen molar-refractivity contribution < 1.29 is 13.9 Å². The Morgan fingerprint density at radius 3 is 2.71 bits per heavy atom. The van der Waals surface area contributed by atoms with Crippen molar-refractivity contribution in [2.75, 3.05) is 0 Å². The Morgan fingerprint density at radius 1 is 1.21 bits per heavy atom. The normalized spacial score (nSPS) is 17.1. The number of aliphatic hydroxyl groups is 1. The zero-order valence-corrected chi connectivity index (χ0v) is 7.71. The average molecular weight is 198 g/mol. The third-order valence-corrected chi connectivity index (χ3v) is 2.74. The van der Waals surface area contributed by atoms with Gasteiger partial charge in [0.1, 0.15) is 6.10 Å². The quantitative estimate of drug-likeness (QED) is 0.774. The van der Waals surface area contributed by atoms with E-state index in [1.165, 1.54) is 0 Å². The first-order valence-electron chi connectivity index (χ1n) is 4.77. The Balaban J connectivity index is 2.39. The van der Waals surface area contributed by atoms with Crippen molar-refractivity contribution in [3.8, 4) is 0 Å². The van der Waals surface area contributed by atoms with Gasteiger partial charge in [0.15, 0.2) is 0 Å². The smallest absolute Gasteiger partial charge is 0.268 e. The molecule has 0 amide bonds. The molecular weight excluding hydrogens is 186 g/mol. The molecule has 3 heteroatoms. The van der Waals surface area contributed by atoms with Crippen LogP contribution in [0, 0.1) is 0 Å². The zero-order valence-electron chi connectivity index (χ0n) is 7.71. The largest absolute Gasteiger partial charge is 0.382 e. The van der Waals surface area contributed by atoms with Crippen LogP contribution in [0.4, 0.5) is 8.78 Å². The second kappa shape index (κ2) is 3.65. The lowest BCUT2D eigenvalue weighted by Gasteiger charge is -2.13. The minimum Gasteiger partial charge on any atom is -0.382 e. The van der Waals surface area contributed by atoms with Gasteiger partial charge in [-0.3, -0.25) is 0 Å². The molecule has 1 aliphatic rings. The van der Waals surface area contributed by atoms with Gasteiger partial charge in [0, 0.05) is 0 Å². The van der Waals surface area contributed by atoms with Crippen LogP contribution in [0.3, 0.4) is 0 Å². The summed E-state index contributed by atoms with van der Waals surface area (Å²) in [5.41, 5.74) is 2.46. The molecule has 1 nitrogen and oxygen atoms in total. The molecule has 0 spiro atoms. The number of alkyl halides is 2. The van der Waals surface area contributed by atoms with Gasteiger partial charge >= 0.3 is 0 Å². The molecule has 0 saturated carbocycles. The molecule has 0 radical (unpaired) electrons. The van der Waals surface area contributed by atoms with E-state index >= 15 is 0 Å². The number of hydrogen-bond acceptors (Lipinski definition) is 1. The van der Waals surface area contributed by atoms with Gasteiger partial charge in [0.05, 0.1) is 0 Å². The lowest BCUT2D eigenvalue weighted by molar-refractivity contribution is -0.00622. The van der Waals surface area contributed by atoms with E-state index in [0.29, 0.717) is 5.56 Å². The maximum Gasteiger partial charge on any atom is 0.268 e. The van der Waals surface area contributed by atoms with Gasteiger partial charge in [0.25, 0.3) is 6.43 Å². The summed E-state index contributed by atoms with van der Waals surface area (Å²) in [5.74, 6) is 0. The van der Waals surface area contributed by atoms with Crippen LogP contribution >= 0.6 is 0 Å². The van der Waals surface area contributed by atoms with Gasteiger partial charge in [-0.15, -0.1) is 0 Å². The standard InChI is InChI=1S/C11H12F2O/c12-11(13)10(14)9-6-2-4-7-3-1-5-8(7)9/h2,4,6,10-11,14H,1,3,5H2. The Morgan fingerprint density at radius 2 is 2.00 bits per heavy atom. The molecule has 1 atom stereocenters. The summed E-state index contributed by atoms with van der Waals surface area (Å²) in [6.07, 6.45) is -1.55.